The normalized spacial score (nSPS) is 15.0. The summed E-state index contributed by atoms with van der Waals surface area (Å²) in [4.78, 5) is 22.4. The van der Waals surface area contributed by atoms with Crippen LogP contribution in [0.4, 0.5) is 0 Å². The molecule has 1 aliphatic rings. The maximum Gasteiger partial charge on any atom is 0.243 e. The number of halogens is 1. The molecular formula is C21H34ClN5O3. The van der Waals surface area contributed by atoms with Crippen LogP contribution in [0.1, 0.15) is 6.42 Å². The minimum absolute atomic E-state index is 0.0339. The Morgan fingerprint density at radius 1 is 1.23 bits per heavy atom. The molecule has 0 spiro atoms. The highest BCUT2D eigenvalue weighted by atomic mass is 35.5. The molecule has 0 aliphatic carbocycles. The predicted octanol–water partition coefficient (Wildman–Crippen LogP) is 1.41. The summed E-state index contributed by atoms with van der Waals surface area (Å²) in [5, 5.41) is 4.07. The molecule has 0 atom stereocenters. The first-order valence-electron chi connectivity index (χ1n) is 10.3. The lowest BCUT2D eigenvalue weighted by molar-refractivity contribution is -0.127. The number of guanidine groups is 1. The zero-order valence-electron chi connectivity index (χ0n) is 18.3. The van der Waals surface area contributed by atoms with Crippen molar-refractivity contribution in [2.45, 2.75) is 6.42 Å². The maximum atomic E-state index is 12.0. The van der Waals surface area contributed by atoms with E-state index in [1.54, 1.807) is 31.1 Å². The van der Waals surface area contributed by atoms with Gasteiger partial charge in [0, 0.05) is 45.8 Å². The molecule has 1 aromatic rings. The molecule has 2 rings (SSSR count). The van der Waals surface area contributed by atoms with Crippen molar-refractivity contribution in [1.29, 1.82) is 0 Å². The molecule has 1 amide bonds. The molecule has 1 saturated heterocycles. The number of nitrogens with one attached hydrogen (secondary N) is 1. The van der Waals surface area contributed by atoms with Crippen LogP contribution < -0.4 is 10.1 Å². The Labute approximate surface area is 184 Å². The Hall–Kier alpha value is -2.03. The van der Waals surface area contributed by atoms with Crippen LogP contribution in [0.15, 0.2) is 29.3 Å². The minimum Gasteiger partial charge on any atom is -0.492 e. The van der Waals surface area contributed by atoms with Gasteiger partial charge in [0.15, 0.2) is 5.96 Å². The van der Waals surface area contributed by atoms with Gasteiger partial charge >= 0.3 is 0 Å². The van der Waals surface area contributed by atoms with Crippen LogP contribution in [0.3, 0.4) is 0 Å². The van der Waals surface area contributed by atoms with Gasteiger partial charge in [-0.1, -0.05) is 11.6 Å². The van der Waals surface area contributed by atoms with Gasteiger partial charge in [-0.2, -0.15) is 0 Å². The van der Waals surface area contributed by atoms with E-state index in [0.29, 0.717) is 24.1 Å². The SMILES string of the molecule is CN(C)C(=O)CN=C(NCCCN1CCOCC1)N(C)CCOc1ccc(Cl)cc1. The molecule has 1 heterocycles. The standard InChI is InChI=1S/C21H34ClN5O3/c1-25(2)20(28)17-24-21(23-9-4-10-27-12-14-29-15-13-27)26(3)11-16-30-19-7-5-18(22)6-8-19/h5-8H,4,9-17H2,1-3H3,(H,23,24). The summed E-state index contributed by atoms with van der Waals surface area (Å²) < 4.78 is 11.2. The average molecular weight is 440 g/mol. The number of carbonyl (C=O) groups is 1. The second-order valence-electron chi connectivity index (χ2n) is 7.39. The van der Waals surface area contributed by atoms with Crippen LogP contribution in [0.5, 0.6) is 5.75 Å². The number of amides is 1. The molecule has 0 aromatic heterocycles. The lowest BCUT2D eigenvalue weighted by Gasteiger charge is -2.27. The first-order chi connectivity index (χ1) is 14.5. The molecule has 9 heteroatoms. The minimum atomic E-state index is -0.0339. The first-order valence-corrected chi connectivity index (χ1v) is 10.7. The number of aliphatic imine (C=N–C) groups is 1. The molecule has 0 radical (unpaired) electrons. The molecule has 0 saturated carbocycles. The van der Waals surface area contributed by atoms with Crippen molar-refractivity contribution in [3.05, 3.63) is 29.3 Å². The van der Waals surface area contributed by atoms with Crippen molar-refractivity contribution in [3.8, 4) is 5.75 Å². The molecule has 168 valence electrons. The summed E-state index contributed by atoms with van der Waals surface area (Å²) >= 11 is 5.90. The van der Waals surface area contributed by atoms with Crippen LogP contribution in [-0.2, 0) is 9.53 Å². The highest BCUT2D eigenvalue weighted by Gasteiger charge is 2.11. The predicted molar refractivity (Wildman–Crippen MR) is 120 cm³/mol. The van der Waals surface area contributed by atoms with Crippen LogP contribution in [0.25, 0.3) is 0 Å². The van der Waals surface area contributed by atoms with Gasteiger partial charge in [0.1, 0.15) is 18.9 Å². The zero-order chi connectivity index (χ0) is 21.8. The van der Waals surface area contributed by atoms with E-state index in [-0.39, 0.29) is 12.5 Å². The Morgan fingerprint density at radius 2 is 1.93 bits per heavy atom. The van der Waals surface area contributed by atoms with Gasteiger partial charge in [-0.25, -0.2) is 4.99 Å². The molecular weight excluding hydrogens is 406 g/mol. The molecule has 1 aromatic carbocycles. The van der Waals surface area contributed by atoms with E-state index in [9.17, 15) is 4.79 Å². The number of likely N-dealkylation sites (N-methyl/N-ethyl adjacent to an activating group) is 2. The quantitative estimate of drug-likeness (QED) is 0.337. The van der Waals surface area contributed by atoms with Crippen LogP contribution >= 0.6 is 11.6 Å². The van der Waals surface area contributed by atoms with Gasteiger partial charge in [0.25, 0.3) is 0 Å². The summed E-state index contributed by atoms with van der Waals surface area (Å²) in [6, 6.07) is 7.29. The van der Waals surface area contributed by atoms with E-state index in [1.165, 1.54) is 0 Å². The number of morpholine rings is 1. The Bertz CT molecular complexity index is 663. The van der Waals surface area contributed by atoms with Gasteiger partial charge in [-0.15, -0.1) is 0 Å². The van der Waals surface area contributed by atoms with Crippen LogP contribution in [0, 0.1) is 0 Å². The molecule has 1 aliphatic heterocycles. The summed E-state index contributed by atoms with van der Waals surface area (Å²) in [7, 11) is 5.41. The highest BCUT2D eigenvalue weighted by Crippen LogP contribution is 2.15. The van der Waals surface area contributed by atoms with Crippen molar-refractivity contribution < 1.29 is 14.3 Å². The van der Waals surface area contributed by atoms with E-state index in [2.05, 4.69) is 15.2 Å². The maximum absolute atomic E-state index is 12.0. The molecule has 8 nitrogen and oxygen atoms in total. The summed E-state index contributed by atoms with van der Waals surface area (Å²) in [5.74, 6) is 1.44. The lowest BCUT2D eigenvalue weighted by atomic mass is 10.3. The van der Waals surface area contributed by atoms with Gasteiger partial charge in [0.05, 0.1) is 19.8 Å². The molecule has 1 N–H and O–H groups in total. The second kappa shape index (κ2) is 13.3. The Balaban J connectivity index is 1.81. The summed E-state index contributed by atoms with van der Waals surface area (Å²) in [5.41, 5.74) is 0. The third-order valence-electron chi connectivity index (χ3n) is 4.77. The molecule has 0 bridgehead atoms. The Morgan fingerprint density at radius 3 is 2.60 bits per heavy atom. The number of hydrogen-bond acceptors (Lipinski definition) is 5. The fourth-order valence-electron chi connectivity index (χ4n) is 2.86. The largest absolute Gasteiger partial charge is 0.492 e. The number of nitrogens with zero attached hydrogens (tertiary/aromatic N) is 4. The van der Waals surface area contributed by atoms with Crippen LogP contribution in [-0.4, -0.2) is 107 Å². The second-order valence-corrected chi connectivity index (χ2v) is 7.82. The number of hydrogen-bond donors (Lipinski definition) is 1. The lowest BCUT2D eigenvalue weighted by Crippen LogP contribution is -2.43. The number of benzene rings is 1. The van der Waals surface area contributed by atoms with Gasteiger partial charge in [-0.3, -0.25) is 9.69 Å². The van der Waals surface area contributed by atoms with E-state index in [0.717, 1.165) is 51.6 Å². The summed E-state index contributed by atoms with van der Waals surface area (Å²) in [6.45, 7) is 6.63. The zero-order valence-corrected chi connectivity index (χ0v) is 19.0. The molecule has 0 unspecified atom stereocenters. The van der Waals surface area contributed by atoms with Crippen molar-refractivity contribution in [1.82, 2.24) is 20.0 Å². The summed E-state index contributed by atoms with van der Waals surface area (Å²) in [6.07, 6.45) is 0.996. The van der Waals surface area contributed by atoms with Crippen molar-refractivity contribution in [2.75, 3.05) is 80.2 Å². The van der Waals surface area contributed by atoms with E-state index in [4.69, 9.17) is 21.1 Å². The van der Waals surface area contributed by atoms with E-state index >= 15 is 0 Å². The Kier molecular flexibility index (Phi) is 10.8. The van der Waals surface area contributed by atoms with E-state index < -0.39 is 0 Å². The average Bonchev–Trinajstić information content (AvgIpc) is 2.75. The number of carbonyl (C=O) groups excluding carboxylic acids is 1. The molecule has 30 heavy (non-hydrogen) atoms. The van der Waals surface area contributed by atoms with E-state index in [1.807, 2.05) is 24.1 Å². The van der Waals surface area contributed by atoms with Crippen LogP contribution in [0.2, 0.25) is 5.02 Å². The third-order valence-corrected chi connectivity index (χ3v) is 5.02. The third kappa shape index (κ3) is 9.19. The molecule has 1 fully saturated rings. The smallest absolute Gasteiger partial charge is 0.243 e. The monoisotopic (exact) mass is 439 g/mol. The van der Waals surface area contributed by atoms with Gasteiger partial charge in [-0.05, 0) is 37.2 Å². The fraction of sp³-hybridized carbons (Fsp3) is 0.619. The van der Waals surface area contributed by atoms with Crippen molar-refractivity contribution in [3.63, 3.8) is 0 Å². The number of rotatable bonds is 10. The topological polar surface area (TPSA) is 69.6 Å². The first kappa shape index (κ1) is 24.2. The number of ether oxygens (including phenoxy) is 2. The fourth-order valence-corrected chi connectivity index (χ4v) is 2.99. The van der Waals surface area contributed by atoms with Gasteiger partial charge < -0.3 is 24.6 Å². The van der Waals surface area contributed by atoms with Crippen molar-refractivity contribution in [2.24, 2.45) is 4.99 Å². The van der Waals surface area contributed by atoms with Crippen molar-refractivity contribution >= 4 is 23.5 Å². The highest BCUT2D eigenvalue weighted by molar-refractivity contribution is 6.30. The van der Waals surface area contributed by atoms with Gasteiger partial charge in [0.2, 0.25) is 5.91 Å².